The number of carbonyl (C=O) groups is 1. The Morgan fingerprint density at radius 1 is 1.38 bits per heavy atom. The quantitative estimate of drug-likeness (QED) is 0.846. The first kappa shape index (κ1) is 14.9. The molecule has 0 unspecified atom stereocenters. The highest BCUT2D eigenvalue weighted by atomic mass is 32.1. The minimum Gasteiger partial charge on any atom is -0.508 e. The van der Waals surface area contributed by atoms with Crippen molar-refractivity contribution >= 4 is 23.0 Å². The molecule has 0 saturated heterocycles. The summed E-state index contributed by atoms with van der Waals surface area (Å²) in [6.07, 6.45) is 0. The molecule has 1 aromatic heterocycles. The van der Waals surface area contributed by atoms with Crippen molar-refractivity contribution in [1.29, 1.82) is 0 Å². The molecule has 5 nitrogen and oxygen atoms in total. The summed E-state index contributed by atoms with van der Waals surface area (Å²) in [6.45, 7) is 9.35. The zero-order chi connectivity index (χ0) is 15.4. The monoisotopic (exact) mass is 303 g/mol. The van der Waals surface area contributed by atoms with Gasteiger partial charge in [-0.3, -0.25) is 0 Å². The first-order chi connectivity index (χ1) is 10.1. The number of nitrogens with zero attached hydrogens (tertiary/aromatic N) is 1. The minimum absolute atomic E-state index is 0.159. The van der Waals surface area contributed by atoms with E-state index in [-0.39, 0.29) is 4.88 Å². The Morgan fingerprint density at radius 2 is 2.14 bits per heavy atom. The van der Waals surface area contributed by atoms with Crippen LogP contribution in [0, 0.1) is 6.57 Å². The number of benzene rings is 1. The van der Waals surface area contributed by atoms with Crippen molar-refractivity contribution in [3.05, 3.63) is 40.6 Å². The predicted octanol–water partition coefficient (Wildman–Crippen LogP) is 4.07. The van der Waals surface area contributed by atoms with Crippen molar-refractivity contribution in [3.8, 4) is 21.9 Å². The molecule has 0 aliphatic rings. The number of hydrogen-bond acceptors (Lipinski definition) is 4. The van der Waals surface area contributed by atoms with E-state index in [9.17, 15) is 9.90 Å². The van der Waals surface area contributed by atoms with Crippen LogP contribution in [0.1, 0.15) is 16.6 Å². The molecule has 21 heavy (non-hydrogen) atoms. The molecule has 2 rings (SSSR count). The molecule has 6 heteroatoms. The number of aromatic carboxylic acids is 1. The maximum absolute atomic E-state index is 11.2. The molecule has 0 spiro atoms. The Kier molecular flexibility index (Phi) is 4.45. The molecule has 0 atom stereocenters. The lowest BCUT2D eigenvalue weighted by Gasteiger charge is -2.04. The summed E-state index contributed by atoms with van der Waals surface area (Å²) >= 11 is 1.13. The fourth-order valence-corrected chi connectivity index (χ4v) is 2.80. The van der Waals surface area contributed by atoms with Gasteiger partial charge in [0.05, 0.1) is 20.3 Å². The number of carboxylic acids is 1. The molecule has 0 bridgehead atoms. The van der Waals surface area contributed by atoms with Gasteiger partial charge in [-0.05, 0) is 30.7 Å². The summed E-state index contributed by atoms with van der Waals surface area (Å²) in [7, 11) is 1.50. The van der Waals surface area contributed by atoms with E-state index in [0.717, 1.165) is 21.8 Å². The zero-order valence-electron chi connectivity index (χ0n) is 11.5. The van der Waals surface area contributed by atoms with E-state index in [1.807, 2.05) is 0 Å². The van der Waals surface area contributed by atoms with Gasteiger partial charge in [-0.25, -0.2) is 9.64 Å². The predicted molar refractivity (Wildman–Crippen MR) is 80.7 cm³/mol. The topological polar surface area (TPSA) is 60.1 Å². The van der Waals surface area contributed by atoms with Crippen LogP contribution >= 0.6 is 11.3 Å². The number of hydrogen-bond donors (Lipinski definition) is 1. The van der Waals surface area contributed by atoms with Crippen LogP contribution in [0.2, 0.25) is 0 Å². The molecule has 0 aliphatic heterocycles. The van der Waals surface area contributed by atoms with E-state index in [4.69, 9.17) is 16.0 Å². The molecule has 0 amide bonds. The second kappa shape index (κ2) is 6.29. The Balaban J connectivity index is 2.49. The summed E-state index contributed by atoms with van der Waals surface area (Å²) < 4.78 is 10.4. The van der Waals surface area contributed by atoms with Gasteiger partial charge in [0, 0.05) is 4.88 Å². The SMILES string of the molecule is [C-]#[N+]c1cc(-c2cc(OCC)c(C(=O)O)s2)ccc1OC. The van der Waals surface area contributed by atoms with Crippen molar-refractivity contribution in [3.63, 3.8) is 0 Å². The summed E-state index contributed by atoms with van der Waals surface area (Å²) in [6, 6.07) is 6.86. The van der Waals surface area contributed by atoms with Gasteiger partial charge in [0.15, 0.2) is 4.88 Å². The second-order valence-corrected chi connectivity index (χ2v) is 5.09. The van der Waals surface area contributed by atoms with Crippen LogP contribution < -0.4 is 9.47 Å². The van der Waals surface area contributed by atoms with Gasteiger partial charge < -0.3 is 14.6 Å². The lowest BCUT2D eigenvalue weighted by molar-refractivity contribution is 0.0698. The number of methoxy groups -OCH3 is 1. The normalized spacial score (nSPS) is 9.95. The molecular formula is C15H13NO4S. The van der Waals surface area contributed by atoms with Crippen LogP contribution in [0.4, 0.5) is 5.69 Å². The average Bonchev–Trinajstić information content (AvgIpc) is 2.91. The largest absolute Gasteiger partial charge is 0.508 e. The highest BCUT2D eigenvalue weighted by Gasteiger charge is 2.18. The number of carboxylic acid groups (broad SMARTS) is 1. The standard InChI is InChI=1S/C15H13NO4S/c1-4-20-12-8-13(21-14(12)15(17)18)9-5-6-11(19-3)10(7-9)16-2/h5-8H,4H2,1,3H3,(H,17,18). The van der Waals surface area contributed by atoms with Crippen molar-refractivity contribution in [2.24, 2.45) is 0 Å². The minimum atomic E-state index is -1.02. The van der Waals surface area contributed by atoms with Crippen LogP contribution in [0.3, 0.4) is 0 Å². The van der Waals surface area contributed by atoms with Gasteiger partial charge in [0.2, 0.25) is 5.69 Å². The second-order valence-electron chi connectivity index (χ2n) is 4.04. The van der Waals surface area contributed by atoms with Crippen molar-refractivity contribution in [1.82, 2.24) is 0 Å². The average molecular weight is 303 g/mol. The van der Waals surface area contributed by atoms with E-state index >= 15 is 0 Å². The molecule has 108 valence electrons. The molecule has 0 fully saturated rings. The maximum Gasteiger partial charge on any atom is 0.349 e. The lowest BCUT2D eigenvalue weighted by atomic mass is 10.1. The Bertz CT molecular complexity index is 715. The van der Waals surface area contributed by atoms with E-state index in [2.05, 4.69) is 4.85 Å². The lowest BCUT2D eigenvalue weighted by Crippen LogP contribution is -1.98. The number of ether oxygens (including phenoxy) is 2. The smallest absolute Gasteiger partial charge is 0.349 e. The van der Waals surface area contributed by atoms with Gasteiger partial charge in [-0.1, -0.05) is 6.07 Å². The van der Waals surface area contributed by atoms with Gasteiger partial charge in [-0.15, -0.1) is 11.3 Å². The van der Waals surface area contributed by atoms with Crippen LogP contribution in [0.25, 0.3) is 15.3 Å². The molecule has 0 radical (unpaired) electrons. The van der Waals surface area contributed by atoms with Gasteiger partial charge in [-0.2, -0.15) is 0 Å². The van der Waals surface area contributed by atoms with E-state index in [1.165, 1.54) is 7.11 Å². The van der Waals surface area contributed by atoms with Gasteiger partial charge in [0.1, 0.15) is 11.5 Å². The fraction of sp³-hybridized carbons (Fsp3) is 0.200. The van der Waals surface area contributed by atoms with E-state index in [1.54, 1.807) is 31.2 Å². The fourth-order valence-electron chi connectivity index (χ4n) is 1.86. The zero-order valence-corrected chi connectivity index (χ0v) is 12.4. The highest BCUT2D eigenvalue weighted by Crippen LogP contribution is 2.39. The van der Waals surface area contributed by atoms with Crippen molar-refractivity contribution in [2.75, 3.05) is 13.7 Å². The highest BCUT2D eigenvalue weighted by molar-refractivity contribution is 7.17. The molecule has 1 heterocycles. The van der Waals surface area contributed by atoms with Gasteiger partial charge >= 0.3 is 5.97 Å². The molecule has 1 aromatic carbocycles. The third-order valence-electron chi connectivity index (χ3n) is 2.78. The molecule has 0 aliphatic carbocycles. The third-order valence-corrected chi connectivity index (χ3v) is 3.93. The summed E-state index contributed by atoms with van der Waals surface area (Å²) in [4.78, 5) is 15.5. The summed E-state index contributed by atoms with van der Waals surface area (Å²) in [5.74, 6) is -0.174. The Hall–Kier alpha value is -2.52. The number of thiophene rings is 1. The van der Waals surface area contributed by atoms with Gasteiger partial charge in [0.25, 0.3) is 0 Å². The Morgan fingerprint density at radius 3 is 2.71 bits per heavy atom. The van der Waals surface area contributed by atoms with Crippen LogP contribution in [-0.4, -0.2) is 24.8 Å². The third kappa shape index (κ3) is 2.98. The summed E-state index contributed by atoms with van der Waals surface area (Å²) in [5, 5.41) is 9.20. The molecule has 2 aromatic rings. The Labute approximate surface area is 126 Å². The number of rotatable bonds is 5. The summed E-state index contributed by atoms with van der Waals surface area (Å²) in [5.41, 5.74) is 1.15. The molecule has 1 N–H and O–H groups in total. The first-order valence-corrected chi connectivity index (χ1v) is 6.98. The van der Waals surface area contributed by atoms with E-state index < -0.39 is 5.97 Å². The molecular weight excluding hydrogens is 290 g/mol. The van der Waals surface area contributed by atoms with Crippen molar-refractivity contribution in [2.45, 2.75) is 6.92 Å². The molecule has 0 saturated carbocycles. The van der Waals surface area contributed by atoms with Crippen molar-refractivity contribution < 1.29 is 19.4 Å². The van der Waals surface area contributed by atoms with Crippen LogP contribution in [0.5, 0.6) is 11.5 Å². The van der Waals surface area contributed by atoms with Crippen LogP contribution in [0.15, 0.2) is 24.3 Å². The first-order valence-electron chi connectivity index (χ1n) is 6.16. The van der Waals surface area contributed by atoms with Crippen LogP contribution in [-0.2, 0) is 0 Å². The van der Waals surface area contributed by atoms with E-state index in [0.29, 0.717) is 23.8 Å². The maximum atomic E-state index is 11.2.